The van der Waals surface area contributed by atoms with E-state index in [2.05, 4.69) is 15.0 Å². The smallest absolute Gasteiger partial charge is 0.276 e. The van der Waals surface area contributed by atoms with Gasteiger partial charge in [0, 0.05) is 32.2 Å². The van der Waals surface area contributed by atoms with Gasteiger partial charge in [-0.15, -0.1) is 0 Å². The number of nitrogens with two attached hydrogens (primary N) is 1. The number of aromatic nitrogens is 2. The van der Waals surface area contributed by atoms with Gasteiger partial charge < -0.3 is 20.1 Å². The molecule has 1 amide bonds. The molecule has 0 bridgehead atoms. The number of amides is 1. The van der Waals surface area contributed by atoms with Gasteiger partial charge >= 0.3 is 0 Å². The number of carbonyl (C=O) groups is 1. The van der Waals surface area contributed by atoms with Crippen LogP contribution < -0.4 is 10.6 Å². The fourth-order valence-corrected chi connectivity index (χ4v) is 2.24. The van der Waals surface area contributed by atoms with Gasteiger partial charge in [0.25, 0.3) is 5.91 Å². The maximum absolute atomic E-state index is 12.1. The molecule has 1 aliphatic rings. The van der Waals surface area contributed by atoms with Crippen molar-refractivity contribution >= 4 is 17.4 Å². The third-order valence-corrected chi connectivity index (χ3v) is 3.36. The first-order chi connectivity index (χ1) is 9.74. The Morgan fingerprint density at radius 2 is 2.00 bits per heavy atom. The molecule has 3 rings (SSSR count). The Morgan fingerprint density at radius 1 is 1.20 bits per heavy atom. The van der Waals surface area contributed by atoms with E-state index >= 15 is 0 Å². The summed E-state index contributed by atoms with van der Waals surface area (Å²) >= 11 is 0. The Balaban J connectivity index is 1.62. The molecule has 2 N–H and O–H groups in total. The molecule has 7 heteroatoms. The Bertz CT molecular complexity index is 573. The van der Waals surface area contributed by atoms with E-state index < -0.39 is 0 Å². The van der Waals surface area contributed by atoms with E-state index in [1.807, 2.05) is 6.07 Å². The topological polar surface area (TPSA) is 88.5 Å². The zero-order valence-corrected chi connectivity index (χ0v) is 10.9. The number of anilines is 2. The van der Waals surface area contributed by atoms with Crippen molar-refractivity contribution in [2.24, 2.45) is 0 Å². The minimum Gasteiger partial charge on any atom is -0.384 e. The van der Waals surface area contributed by atoms with E-state index in [4.69, 9.17) is 10.3 Å². The van der Waals surface area contributed by atoms with Gasteiger partial charge in [-0.3, -0.25) is 4.79 Å². The normalized spacial score (nSPS) is 15.4. The lowest BCUT2D eigenvalue weighted by Gasteiger charge is -2.35. The zero-order chi connectivity index (χ0) is 13.9. The SMILES string of the molecule is Nc1ccc(N2CCN(C(=O)c3ccon3)CC2)cn1. The van der Waals surface area contributed by atoms with Crippen molar-refractivity contribution in [1.29, 1.82) is 0 Å². The van der Waals surface area contributed by atoms with Crippen LogP contribution in [0, 0.1) is 0 Å². The van der Waals surface area contributed by atoms with Crippen LogP contribution in [-0.4, -0.2) is 47.1 Å². The van der Waals surface area contributed by atoms with Gasteiger partial charge in [0.15, 0.2) is 5.69 Å². The number of hydrogen-bond acceptors (Lipinski definition) is 6. The Labute approximate surface area is 116 Å². The first kappa shape index (κ1) is 12.5. The van der Waals surface area contributed by atoms with Crippen molar-refractivity contribution in [3.8, 4) is 0 Å². The number of piperazine rings is 1. The van der Waals surface area contributed by atoms with Gasteiger partial charge in [-0.2, -0.15) is 0 Å². The molecule has 0 radical (unpaired) electrons. The molecule has 20 heavy (non-hydrogen) atoms. The first-order valence-corrected chi connectivity index (χ1v) is 6.40. The number of pyridine rings is 1. The van der Waals surface area contributed by atoms with Crippen LogP contribution in [0.3, 0.4) is 0 Å². The Morgan fingerprint density at radius 3 is 2.60 bits per heavy atom. The molecule has 0 aliphatic carbocycles. The molecule has 1 fully saturated rings. The van der Waals surface area contributed by atoms with Crippen molar-refractivity contribution < 1.29 is 9.32 Å². The molecule has 0 unspecified atom stereocenters. The van der Waals surface area contributed by atoms with Gasteiger partial charge in [0.2, 0.25) is 0 Å². The molecule has 0 atom stereocenters. The van der Waals surface area contributed by atoms with E-state index in [1.165, 1.54) is 6.26 Å². The van der Waals surface area contributed by atoms with Crippen molar-refractivity contribution in [3.63, 3.8) is 0 Å². The second-order valence-corrected chi connectivity index (χ2v) is 4.61. The zero-order valence-electron chi connectivity index (χ0n) is 10.9. The lowest BCUT2D eigenvalue weighted by Crippen LogP contribution is -2.48. The van der Waals surface area contributed by atoms with Crippen molar-refractivity contribution in [2.75, 3.05) is 36.8 Å². The Kier molecular flexibility index (Phi) is 3.24. The average molecular weight is 273 g/mol. The highest BCUT2D eigenvalue weighted by Crippen LogP contribution is 2.17. The highest BCUT2D eigenvalue weighted by molar-refractivity contribution is 5.92. The molecule has 104 valence electrons. The molecule has 2 aromatic rings. The molecule has 0 aromatic carbocycles. The maximum Gasteiger partial charge on any atom is 0.276 e. The van der Waals surface area contributed by atoms with Crippen LogP contribution in [0.4, 0.5) is 11.5 Å². The molecule has 2 aromatic heterocycles. The fourth-order valence-electron chi connectivity index (χ4n) is 2.24. The van der Waals surface area contributed by atoms with E-state index in [9.17, 15) is 4.79 Å². The molecular weight excluding hydrogens is 258 g/mol. The standard InChI is InChI=1S/C13H15N5O2/c14-12-2-1-10(9-15-12)17-4-6-18(7-5-17)13(19)11-3-8-20-16-11/h1-3,8-9H,4-7H2,(H2,14,15). The van der Waals surface area contributed by atoms with Gasteiger partial charge in [0.05, 0.1) is 11.9 Å². The van der Waals surface area contributed by atoms with E-state index in [-0.39, 0.29) is 5.91 Å². The minimum absolute atomic E-state index is 0.0890. The van der Waals surface area contributed by atoms with E-state index in [0.29, 0.717) is 24.6 Å². The molecule has 0 saturated carbocycles. The lowest BCUT2D eigenvalue weighted by atomic mass is 10.2. The molecular formula is C13H15N5O2. The van der Waals surface area contributed by atoms with Crippen LogP contribution in [0.1, 0.15) is 10.5 Å². The minimum atomic E-state index is -0.0890. The molecule has 0 spiro atoms. The summed E-state index contributed by atoms with van der Waals surface area (Å²) in [6, 6.07) is 5.30. The first-order valence-electron chi connectivity index (χ1n) is 6.40. The molecule has 7 nitrogen and oxygen atoms in total. The van der Waals surface area contributed by atoms with Crippen molar-refractivity contribution in [2.45, 2.75) is 0 Å². The largest absolute Gasteiger partial charge is 0.384 e. The number of rotatable bonds is 2. The number of hydrogen-bond donors (Lipinski definition) is 1. The van der Waals surface area contributed by atoms with Crippen LogP contribution >= 0.6 is 0 Å². The fraction of sp³-hybridized carbons (Fsp3) is 0.308. The van der Waals surface area contributed by atoms with E-state index in [0.717, 1.165) is 18.8 Å². The second-order valence-electron chi connectivity index (χ2n) is 4.61. The van der Waals surface area contributed by atoms with Crippen molar-refractivity contribution in [1.82, 2.24) is 15.0 Å². The number of carbonyl (C=O) groups excluding carboxylic acids is 1. The van der Waals surface area contributed by atoms with Gasteiger partial charge in [-0.05, 0) is 12.1 Å². The summed E-state index contributed by atoms with van der Waals surface area (Å²) < 4.78 is 4.70. The summed E-state index contributed by atoms with van der Waals surface area (Å²) in [6.45, 7) is 2.82. The van der Waals surface area contributed by atoms with Crippen LogP contribution in [0.2, 0.25) is 0 Å². The molecule has 1 saturated heterocycles. The van der Waals surface area contributed by atoms with Crippen LogP contribution in [0.15, 0.2) is 35.2 Å². The number of nitrogens with zero attached hydrogens (tertiary/aromatic N) is 4. The maximum atomic E-state index is 12.1. The summed E-state index contributed by atoms with van der Waals surface area (Å²) in [5.74, 6) is 0.419. The third-order valence-electron chi connectivity index (χ3n) is 3.36. The highest BCUT2D eigenvalue weighted by atomic mass is 16.5. The molecule has 3 heterocycles. The lowest BCUT2D eigenvalue weighted by molar-refractivity contribution is 0.0736. The van der Waals surface area contributed by atoms with Crippen LogP contribution in [-0.2, 0) is 0 Å². The van der Waals surface area contributed by atoms with Crippen LogP contribution in [0.25, 0.3) is 0 Å². The third kappa shape index (κ3) is 2.42. The van der Waals surface area contributed by atoms with Gasteiger partial charge in [0.1, 0.15) is 12.1 Å². The highest BCUT2D eigenvalue weighted by Gasteiger charge is 2.23. The summed E-state index contributed by atoms with van der Waals surface area (Å²) in [5, 5.41) is 3.67. The van der Waals surface area contributed by atoms with Crippen LogP contribution in [0.5, 0.6) is 0 Å². The van der Waals surface area contributed by atoms with E-state index in [1.54, 1.807) is 23.2 Å². The average Bonchev–Trinajstić information content (AvgIpc) is 3.02. The second kappa shape index (κ2) is 5.20. The van der Waals surface area contributed by atoms with Gasteiger partial charge in [-0.1, -0.05) is 5.16 Å². The summed E-state index contributed by atoms with van der Waals surface area (Å²) in [4.78, 5) is 20.1. The molecule has 1 aliphatic heterocycles. The predicted octanol–water partition coefficient (Wildman–Crippen LogP) is 0.614. The van der Waals surface area contributed by atoms with Crippen molar-refractivity contribution in [3.05, 3.63) is 36.4 Å². The summed E-state index contributed by atoms with van der Waals surface area (Å²) in [7, 11) is 0. The van der Waals surface area contributed by atoms with Gasteiger partial charge in [-0.25, -0.2) is 4.98 Å². The number of nitrogen functional groups attached to an aromatic ring is 1. The Hall–Kier alpha value is -2.57. The monoisotopic (exact) mass is 273 g/mol. The summed E-state index contributed by atoms with van der Waals surface area (Å²) in [5.41, 5.74) is 6.95. The predicted molar refractivity (Wildman–Crippen MR) is 73.3 cm³/mol. The summed E-state index contributed by atoms with van der Waals surface area (Å²) in [6.07, 6.45) is 3.16. The quantitative estimate of drug-likeness (QED) is 0.862.